The second-order valence-corrected chi connectivity index (χ2v) is 6.93. The number of nitrogens with one attached hydrogen (secondary N) is 1. The Kier molecular flexibility index (Phi) is 3.52. The number of fused-ring (bicyclic) bond motifs is 1. The lowest BCUT2D eigenvalue weighted by Crippen LogP contribution is -2.41. The van der Waals surface area contributed by atoms with E-state index in [2.05, 4.69) is 37.2 Å². The van der Waals surface area contributed by atoms with Crippen LogP contribution in [0.15, 0.2) is 33.2 Å². The van der Waals surface area contributed by atoms with Crippen molar-refractivity contribution in [3.63, 3.8) is 0 Å². The summed E-state index contributed by atoms with van der Waals surface area (Å²) in [5, 5.41) is 3.28. The van der Waals surface area contributed by atoms with E-state index in [4.69, 9.17) is 0 Å². The van der Waals surface area contributed by atoms with E-state index >= 15 is 0 Å². The molecule has 0 spiro atoms. The number of halogens is 3. The van der Waals surface area contributed by atoms with Crippen molar-refractivity contribution in [2.45, 2.75) is 25.1 Å². The van der Waals surface area contributed by atoms with Gasteiger partial charge in [-0.25, -0.2) is 4.39 Å². The fraction of sp³-hybridized carbons (Fsp3) is 0.357. The van der Waals surface area contributed by atoms with Crippen molar-refractivity contribution in [3.05, 3.63) is 38.8 Å². The summed E-state index contributed by atoms with van der Waals surface area (Å²) in [5.41, 5.74) is 2.13. The number of ketones is 1. The van der Waals surface area contributed by atoms with Crippen LogP contribution in [0.1, 0.15) is 12.0 Å². The van der Waals surface area contributed by atoms with E-state index in [1.165, 1.54) is 6.08 Å². The first-order valence-electron chi connectivity index (χ1n) is 6.13. The summed E-state index contributed by atoms with van der Waals surface area (Å²) >= 11 is 6.64. The Morgan fingerprint density at radius 3 is 2.79 bits per heavy atom. The molecule has 1 aromatic rings. The molecule has 1 N–H and O–H groups in total. The Balaban J connectivity index is 1.85. The highest BCUT2D eigenvalue weighted by Gasteiger charge is 2.40. The van der Waals surface area contributed by atoms with Crippen LogP contribution in [0.3, 0.4) is 0 Å². The Morgan fingerprint density at radius 2 is 2.05 bits per heavy atom. The molecule has 0 fully saturated rings. The van der Waals surface area contributed by atoms with Gasteiger partial charge in [0.15, 0.2) is 5.78 Å². The smallest absolute Gasteiger partial charge is 0.164 e. The zero-order chi connectivity index (χ0) is 13.6. The lowest BCUT2D eigenvalue weighted by atomic mass is 9.84. The van der Waals surface area contributed by atoms with Gasteiger partial charge < -0.3 is 5.32 Å². The molecular weight excluding hydrogens is 377 g/mol. The number of alkyl halides is 1. The minimum atomic E-state index is -1.12. The van der Waals surface area contributed by atoms with Crippen molar-refractivity contribution in [1.82, 2.24) is 0 Å². The Bertz CT molecular complexity index is 573. The topological polar surface area (TPSA) is 29.1 Å². The van der Waals surface area contributed by atoms with Crippen molar-refractivity contribution in [2.24, 2.45) is 5.92 Å². The van der Waals surface area contributed by atoms with E-state index in [1.807, 2.05) is 18.2 Å². The minimum absolute atomic E-state index is 0.130. The van der Waals surface area contributed by atoms with Gasteiger partial charge in [0.1, 0.15) is 6.17 Å². The fourth-order valence-corrected chi connectivity index (χ4v) is 3.77. The van der Waals surface area contributed by atoms with Gasteiger partial charge in [-0.3, -0.25) is 4.79 Å². The van der Waals surface area contributed by atoms with Crippen LogP contribution in [0.5, 0.6) is 0 Å². The first-order chi connectivity index (χ1) is 9.04. The summed E-state index contributed by atoms with van der Waals surface area (Å²) in [7, 11) is 0. The summed E-state index contributed by atoms with van der Waals surface area (Å²) in [6.45, 7) is 0. The standard InChI is InChI=1S/C14H12Br2FNO/c15-8-1-2-11-7(3-8)4-12(18-11)14-10(17)5-9(16)6-13(14)19/h1-3,6,10,12,14,18H,4-5H2. The number of allylic oxidation sites excluding steroid dienone is 2. The maximum Gasteiger partial charge on any atom is 0.164 e. The largest absolute Gasteiger partial charge is 0.381 e. The monoisotopic (exact) mass is 387 g/mol. The van der Waals surface area contributed by atoms with Crippen LogP contribution in [0.2, 0.25) is 0 Å². The molecule has 0 saturated carbocycles. The normalized spacial score (nSPS) is 29.7. The van der Waals surface area contributed by atoms with Crippen LogP contribution >= 0.6 is 31.9 Å². The highest BCUT2D eigenvalue weighted by molar-refractivity contribution is 9.11. The molecular formula is C14H12Br2FNO. The van der Waals surface area contributed by atoms with Crippen LogP contribution in [-0.2, 0) is 11.2 Å². The Labute approximate surface area is 127 Å². The maximum absolute atomic E-state index is 14.2. The highest BCUT2D eigenvalue weighted by Crippen LogP contribution is 2.37. The predicted octanol–water partition coefficient (Wildman–Crippen LogP) is 3.99. The zero-order valence-corrected chi connectivity index (χ0v) is 13.2. The molecule has 2 aliphatic rings. The molecule has 5 heteroatoms. The second kappa shape index (κ2) is 5.02. The number of hydrogen-bond donors (Lipinski definition) is 1. The first-order valence-corrected chi connectivity index (χ1v) is 7.72. The summed E-state index contributed by atoms with van der Waals surface area (Å²) in [5.74, 6) is -0.720. The molecule has 0 bridgehead atoms. The Morgan fingerprint density at radius 1 is 1.26 bits per heavy atom. The molecule has 0 radical (unpaired) electrons. The molecule has 2 nitrogen and oxygen atoms in total. The van der Waals surface area contributed by atoms with Gasteiger partial charge in [-0.15, -0.1) is 0 Å². The van der Waals surface area contributed by atoms with Crippen LogP contribution in [0, 0.1) is 5.92 Å². The molecule has 3 atom stereocenters. The van der Waals surface area contributed by atoms with Gasteiger partial charge in [0.2, 0.25) is 0 Å². The van der Waals surface area contributed by atoms with Crippen molar-refractivity contribution in [1.29, 1.82) is 0 Å². The van der Waals surface area contributed by atoms with Gasteiger partial charge in [-0.1, -0.05) is 31.9 Å². The number of carbonyl (C=O) groups is 1. The highest BCUT2D eigenvalue weighted by atomic mass is 79.9. The van der Waals surface area contributed by atoms with Crippen molar-refractivity contribution < 1.29 is 9.18 Å². The van der Waals surface area contributed by atoms with Crippen molar-refractivity contribution in [3.8, 4) is 0 Å². The average molecular weight is 389 g/mol. The van der Waals surface area contributed by atoms with E-state index in [0.717, 1.165) is 15.7 Å². The molecule has 19 heavy (non-hydrogen) atoms. The predicted molar refractivity (Wildman–Crippen MR) is 80.3 cm³/mol. The molecule has 1 aliphatic heterocycles. The van der Waals surface area contributed by atoms with E-state index in [-0.39, 0.29) is 18.2 Å². The maximum atomic E-state index is 14.2. The number of rotatable bonds is 1. The molecule has 1 heterocycles. The molecule has 1 aromatic carbocycles. The third-order valence-corrected chi connectivity index (χ3v) is 4.73. The van der Waals surface area contributed by atoms with Crippen molar-refractivity contribution >= 4 is 43.3 Å². The second-order valence-electron chi connectivity index (χ2n) is 5.00. The van der Waals surface area contributed by atoms with Gasteiger partial charge in [0.05, 0.1) is 5.92 Å². The summed E-state index contributed by atoms with van der Waals surface area (Å²) in [6.07, 6.45) is 1.37. The quantitative estimate of drug-likeness (QED) is 0.787. The number of hydrogen-bond acceptors (Lipinski definition) is 2. The Hall–Kier alpha value is -0.680. The van der Waals surface area contributed by atoms with E-state index < -0.39 is 12.1 Å². The molecule has 0 saturated heterocycles. The van der Waals surface area contributed by atoms with Gasteiger partial charge in [-0.2, -0.15) is 0 Å². The lowest BCUT2D eigenvalue weighted by molar-refractivity contribution is -0.121. The van der Waals surface area contributed by atoms with Gasteiger partial charge >= 0.3 is 0 Å². The van der Waals surface area contributed by atoms with Gasteiger partial charge in [-0.05, 0) is 36.3 Å². The number of carbonyl (C=O) groups excluding carboxylic acids is 1. The van der Waals surface area contributed by atoms with Gasteiger partial charge in [0.25, 0.3) is 0 Å². The van der Waals surface area contributed by atoms with E-state index in [1.54, 1.807) is 0 Å². The van der Waals surface area contributed by atoms with Crippen LogP contribution in [0.4, 0.5) is 10.1 Å². The van der Waals surface area contributed by atoms with Crippen molar-refractivity contribution in [2.75, 3.05) is 5.32 Å². The van der Waals surface area contributed by atoms with Gasteiger partial charge in [0, 0.05) is 27.1 Å². The van der Waals surface area contributed by atoms with Crippen LogP contribution in [-0.4, -0.2) is 18.0 Å². The summed E-state index contributed by atoms with van der Waals surface area (Å²) in [4.78, 5) is 12.0. The third kappa shape index (κ3) is 2.50. The fourth-order valence-electron chi connectivity index (χ4n) is 2.83. The minimum Gasteiger partial charge on any atom is -0.381 e. The van der Waals surface area contributed by atoms with E-state index in [9.17, 15) is 9.18 Å². The molecule has 0 aromatic heterocycles. The first kappa shape index (κ1) is 13.3. The molecule has 3 unspecified atom stereocenters. The SMILES string of the molecule is O=C1C=C(Br)CC(F)C1C1Cc2cc(Br)ccc2N1. The lowest BCUT2D eigenvalue weighted by Gasteiger charge is -2.28. The third-order valence-electron chi connectivity index (χ3n) is 3.69. The summed E-state index contributed by atoms with van der Waals surface area (Å²) < 4.78 is 15.8. The van der Waals surface area contributed by atoms with Crippen LogP contribution in [0.25, 0.3) is 0 Å². The zero-order valence-electron chi connectivity index (χ0n) is 10.00. The summed E-state index contributed by atoms with van der Waals surface area (Å²) in [6, 6.07) is 5.78. The molecule has 0 amide bonds. The molecule has 100 valence electrons. The average Bonchev–Trinajstić information content (AvgIpc) is 2.69. The molecule has 3 rings (SSSR count). The number of anilines is 1. The van der Waals surface area contributed by atoms with E-state index in [0.29, 0.717) is 10.9 Å². The van der Waals surface area contributed by atoms with Crippen LogP contribution < -0.4 is 5.32 Å². The molecule has 1 aliphatic carbocycles. The number of benzene rings is 1.